The Kier molecular flexibility index (Phi) is 6.48. The Morgan fingerprint density at radius 3 is 2.59 bits per heavy atom. The lowest BCUT2D eigenvalue weighted by Crippen LogP contribution is -2.35. The van der Waals surface area contributed by atoms with Gasteiger partial charge in [-0.1, -0.05) is 18.2 Å². The van der Waals surface area contributed by atoms with Gasteiger partial charge in [0.2, 0.25) is 11.8 Å². The van der Waals surface area contributed by atoms with Crippen molar-refractivity contribution in [1.82, 2.24) is 4.90 Å². The zero-order chi connectivity index (χ0) is 22.7. The van der Waals surface area contributed by atoms with Gasteiger partial charge in [-0.05, 0) is 35.9 Å². The molecule has 9 heteroatoms. The summed E-state index contributed by atoms with van der Waals surface area (Å²) in [6.45, 7) is 3.90. The van der Waals surface area contributed by atoms with Gasteiger partial charge in [-0.3, -0.25) is 14.5 Å². The Labute approximate surface area is 183 Å². The van der Waals surface area contributed by atoms with Crippen molar-refractivity contribution in [2.45, 2.75) is 19.1 Å². The van der Waals surface area contributed by atoms with E-state index in [0.717, 1.165) is 37.3 Å². The Morgan fingerprint density at radius 1 is 1.09 bits per heavy atom. The van der Waals surface area contributed by atoms with E-state index in [-0.39, 0.29) is 30.5 Å². The second-order valence-corrected chi connectivity index (χ2v) is 8.03. The molecule has 1 unspecified atom stereocenters. The van der Waals surface area contributed by atoms with Gasteiger partial charge in [0.25, 0.3) is 0 Å². The van der Waals surface area contributed by atoms with Crippen LogP contribution < -0.4 is 10.2 Å². The van der Waals surface area contributed by atoms with E-state index in [1.54, 1.807) is 6.07 Å². The molecule has 0 radical (unpaired) electrons. The lowest BCUT2D eigenvalue weighted by molar-refractivity contribution is -0.137. The third kappa shape index (κ3) is 5.28. The minimum atomic E-state index is -4.50. The molecule has 2 amide bonds. The molecule has 32 heavy (non-hydrogen) atoms. The van der Waals surface area contributed by atoms with Crippen molar-refractivity contribution in [3.05, 3.63) is 59.7 Å². The summed E-state index contributed by atoms with van der Waals surface area (Å²) in [5.41, 5.74) is 1.00. The molecule has 1 atom stereocenters. The molecule has 2 aromatic rings. The first-order valence-electron chi connectivity index (χ1n) is 10.5. The van der Waals surface area contributed by atoms with E-state index in [4.69, 9.17) is 4.74 Å². The maximum Gasteiger partial charge on any atom is 0.416 e. The van der Waals surface area contributed by atoms with Crippen molar-refractivity contribution in [3.63, 3.8) is 0 Å². The molecule has 0 aromatic heterocycles. The van der Waals surface area contributed by atoms with Crippen molar-refractivity contribution in [1.29, 1.82) is 0 Å². The van der Waals surface area contributed by atoms with Crippen LogP contribution in [0.5, 0.6) is 0 Å². The lowest BCUT2D eigenvalue weighted by atomic mass is 10.1. The van der Waals surface area contributed by atoms with Crippen molar-refractivity contribution in [2.75, 3.05) is 43.1 Å². The van der Waals surface area contributed by atoms with Crippen molar-refractivity contribution >= 4 is 23.2 Å². The van der Waals surface area contributed by atoms with Gasteiger partial charge in [-0.2, -0.15) is 13.2 Å². The van der Waals surface area contributed by atoms with Gasteiger partial charge in [0.15, 0.2) is 0 Å². The van der Waals surface area contributed by atoms with Gasteiger partial charge in [0.05, 0.1) is 24.7 Å². The molecule has 2 aromatic carbocycles. The topological polar surface area (TPSA) is 61.9 Å². The van der Waals surface area contributed by atoms with Gasteiger partial charge in [0, 0.05) is 44.0 Å². The van der Waals surface area contributed by atoms with Crippen molar-refractivity contribution in [3.8, 4) is 0 Å². The third-order valence-electron chi connectivity index (χ3n) is 5.69. The summed E-state index contributed by atoms with van der Waals surface area (Å²) in [6, 6.07) is 12.1. The number of benzene rings is 2. The molecule has 2 saturated heterocycles. The average molecular weight is 447 g/mol. The SMILES string of the molecule is O=C(Nc1cccc(CN2CCOCC2)c1)C1CC(=O)N(c2cccc(C(F)(F)F)c2)C1. The third-order valence-corrected chi connectivity index (χ3v) is 5.69. The zero-order valence-electron chi connectivity index (χ0n) is 17.4. The molecule has 6 nitrogen and oxygen atoms in total. The van der Waals surface area contributed by atoms with Gasteiger partial charge < -0.3 is 15.0 Å². The Bertz CT molecular complexity index is 990. The summed E-state index contributed by atoms with van der Waals surface area (Å²) in [7, 11) is 0. The molecule has 4 rings (SSSR count). The highest BCUT2D eigenvalue weighted by Gasteiger charge is 2.37. The Morgan fingerprint density at radius 2 is 1.84 bits per heavy atom. The maximum atomic E-state index is 13.0. The van der Waals surface area contributed by atoms with E-state index in [2.05, 4.69) is 10.2 Å². The first-order valence-corrected chi connectivity index (χ1v) is 10.5. The molecule has 2 aliphatic rings. The molecular weight excluding hydrogens is 423 g/mol. The zero-order valence-corrected chi connectivity index (χ0v) is 17.4. The quantitative estimate of drug-likeness (QED) is 0.762. The molecule has 170 valence electrons. The number of morpholine rings is 1. The summed E-state index contributed by atoms with van der Waals surface area (Å²) >= 11 is 0. The van der Waals surface area contributed by atoms with Crippen LogP contribution in [-0.4, -0.2) is 49.6 Å². The van der Waals surface area contributed by atoms with Crippen LogP contribution in [0.1, 0.15) is 17.5 Å². The second kappa shape index (κ2) is 9.30. The van der Waals surface area contributed by atoms with Gasteiger partial charge >= 0.3 is 6.18 Å². The Balaban J connectivity index is 1.39. The first-order chi connectivity index (χ1) is 15.3. The number of hydrogen-bond donors (Lipinski definition) is 1. The van der Waals surface area contributed by atoms with Gasteiger partial charge in [-0.15, -0.1) is 0 Å². The number of nitrogens with one attached hydrogen (secondary N) is 1. The highest BCUT2D eigenvalue weighted by Crippen LogP contribution is 2.33. The molecule has 0 saturated carbocycles. The van der Waals surface area contributed by atoms with Crippen LogP contribution in [-0.2, 0) is 27.0 Å². The number of carbonyl (C=O) groups excluding carboxylic acids is 2. The summed E-state index contributed by atoms with van der Waals surface area (Å²) in [6.07, 6.45) is -4.54. The highest BCUT2D eigenvalue weighted by atomic mass is 19.4. The van der Waals surface area contributed by atoms with Crippen LogP contribution in [0.2, 0.25) is 0 Å². The van der Waals surface area contributed by atoms with E-state index >= 15 is 0 Å². The van der Waals surface area contributed by atoms with Crippen molar-refractivity contribution < 1.29 is 27.5 Å². The van der Waals surface area contributed by atoms with E-state index in [1.165, 1.54) is 17.0 Å². The predicted molar refractivity (Wildman–Crippen MR) is 113 cm³/mol. The van der Waals surface area contributed by atoms with E-state index in [9.17, 15) is 22.8 Å². The minimum absolute atomic E-state index is 0.0411. The smallest absolute Gasteiger partial charge is 0.379 e. The van der Waals surface area contributed by atoms with Crippen LogP contribution in [0.25, 0.3) is 0 Å². The van der Waals surface area contributed by atoms with E-state index in [1.807, 2.05) is 18.2 Å². The monoisotopic (exact) mass is 447 g/mol. The number of nitrogens with zero attached hydrogens (tertiary/aromatic N) is 2. The fraction of sp³-hybridized carbons (Fsp3) is 0.391. The largest absolute Gasteiger partial charge is 0.416 e. The first kappa shape index (κ1) is 22.3. The lowest BCUT2D eigenvalue weighted by Gasteiger charge is -2.26. The number of carbonyl (C=O) groups is 2. The van der Waals surface area contributed by atoms with Gasteiger partial charge in [0.1, 0.15) is 0 Å². The van der Waals surface area contributed by atoms with Crippen LogP contribution in [0.15, 0.2) is 48.5 Å². The number of anilines is 2. The van der Waals surface area contributed by atoms with Crippen molar-refractivity contribution in [2.24, 2.45) is 5.92 Å². The van der Waals surface area contributed by atoms with Gasteiger partial charge in [-0.25, -0.2) is 0 Å². The standard InChI is InChI=1S/C23H24F3N3O3/c24-23(25,26)18-4-2-6-20(13-18)29-15-17(12-21(29)30)22(31)27-19-5-1-3-16(11-19)14-28-7-9-32-10-8-28/h1-6,11,13,17H,7-10,12,14-15H2,(H,27,31). The number of alkyl halides is 3. The van der Waals surface area contributed by atoms with Crippen LogP contribution in [0.3, 0.4) is 0 Å². The molecule has 0 aliphatic carbocycles. The Hall–Kier alpha value is -2.91. The number of halogens is 3. The molecule has 2 fully saturated rings. The van der Waals surface area contributed by atoms with Crippen LogP contribution >= 0.6 is 0 Å². The molecular formula is C23H24F3N3O3. The van der Waals surface area contributed by atoms with Crippen LogP contribution in [0.4, 0.5) is 24.5 Å². The number of amides is 2. The molecule has 2 aliphatic heterocycles. The summed E-state index contributed by atoms with van der Waals surface area (Å²) in [5.74, 6) is -1.33. The fourth-order valence-corrected chi connectivity index (χ4v) is 3.99. The summed E-state index contributed by atoms with van der Waals surface area (Å²) < 4.78 is 44.4. The maximum absolute atomic E-state index is 13.0. The second-order valence-electron chi connectivity index (χ2n) is 8.03. The van der Waals surface area contributed by atoms with E-state index in [0.29, 0.717) is 18.9 Å². The normalized spacial score (nSPS) is 19.9. The summed E-state index contributed by atoms with van der Waals surface area (Å²) in [5, 5.41) is 2.85. The molecule has 2 heterocycles. The summed E-state index contributed by atoms with van der Waals surface area (Å²) in [4.78, 5) is 28.7. The minimum Gasteiger partial charge on any atom is -0.379 e. The molecule has 0 spiro atoms. The van der Waals surface area contributed by atoms with E-state index < -0.39 is 17.7 Å². The molecule has 1 N–H and O–H groups in total. The molecule has 0 bridgehead atoms. The van der Waals surface area contributed by atoms with Crippen LogP contribution in [0, 0.1) is 5.92 Å². The predicted octanol–water partition coefficient (Wildman–Crippen LogP) is 3.53. The average Bonchev–Trinajstić information content (AvgIpc) is 3.16. The highest BCUT2D eigenvalue weighted by molar-refractivity contribution is 6.03. The fourth-order valence-electron chi connectivity index (χ4n) is 3.99. The number of rotatable bonds is 5. The number of ether oxygens (including phenoxy) is 1. The number of hydrogen-bond acceptors (Lipinski definition) is 4.